The van der Waals surface area contributed by atoms with Crippen LogP contribution in [0.15, 0.2) is 54.6 Å². The molecule has 1 heterocycles. The quantitative estimate of drug-likeness (QED) is 0.720. The Bertz CT molecular complexity index is 948. The maximum Gasteiger partial charge on any atom is 0.432 e. The predicted molar refractivity (Wildman–Crippen MR) is 104 cm³/mol. The monoisotopic (exact) mass is 401 g/mol. The number of allylic oxidation sites excluding steroid dienone is 1. The van der Waals surface area contributed by atoms with E-state index in [0.717, 1.165) is 19.3 Å². The van der Waals surface area contributed by atoms with E-state index in [1.807, 2.05) is 0 Å². The van der Waals surface area contributed by atoms with Crippen molar-refractivity contribution in [3.8, 4) is 5.75 Å². The zero-order chi connectivity index (χ0) is 20.6. The normalized spacial score (nSPS) is 21.9. The van der Waals surface area contributed by atoms with Crippen LogP contribution in [0.3, 0.4) is 0 Å². The second-order valence-corrected chi connectivity index (χ2v) is 7.76. The standard InChI is InChI=1S/C23H22F3NO2/c1-15(12-21(28)27-19-8-5-9-19)16-10-11-20-17(13-16)14-22(29-20,23(24,25)26)18-6-3-2-4-7-18/h2-4,6-7,10-13,19H,5,8-9,14H2,1H3,(H,27,28). The number of amides is 1. The molecule has 4 rings (SSSR count). The lowest BCUT2D eigenvalue weighted by Crippen LogP contribution is -2.46. The van der Waals surface area contributed by atoms with Crippen molar-refractivity contribution in [1.82, 2.24) is 5.32 Å². The minimum Gasteiger partial charge on any atom is -0.472 e. The van der Waals surface area contributed by atoms with E-state index < -0.39 is 11.8 Å². The molecule has 0 saturated heterocycles. The number of hydrogen-bond donors (Lipinski definition) is 1. The molecule has 6 heteroatoms. The van der Waals surface area contributed by atoms with E-state index in [2.05, 4.69) is 5.32 Å². The first kappa shape index (κ1) is 19.6. The third kappa shape index (κ3) is 3.63. The summed E-state index contributed by atoms with van der Waals surface area (Å²) >= 11 is 0. The van der Waals surface area contributed by atoms with Crippen LogP contribution in [-0.4, -0.2) is 18.1 Å². The lowest BCUT2D eigenvalue weighted by atomic mass is 9.88. The minimum atomic E-state index is -4.57. The van der Waals surface area contributed by atoms with E-state index in [1.54, 1.807) is 43.3 Å². The van der Waals surface area contributed by atoms with Gasteiger partial charge in [0.1, 0.15) is 5.75 Å². The number of alkyl halides is 3. The van der Waals surface area contributed by atoms with E-state index in [1.165, 1.54) is 18.2 Å². The number of carbonyl (C=O) groups is 1. The highest BCUT2D eigenvalue weighted by Gasteiger charge is 2.61. The number of nitrogens with one attached hydrogen (secondary N) is 1. The fraction of sp³-hybridized carbons (Fsp3) is 0.348. The van der Waals surface area contributed by atoms with Gasteiger partial charge >= 0.3 is 6.18 Å². The molecule has 2 aromatic rings. The highest BCUT2D eigenvalue weighted by Crippen LogP contribution is 2.51. The van der Waals surface area contributed by atoms with Crippen molar-refractivity contribution in [2.75, 3.05) is 0 Å². The summed E-state index contributed by atoms with van der Waals surface area (Å²) in [6.45, 7) is 1.78. The minimum absolute atomic E-state index is 0.0809. The van der Waals surface area contributed by atoms with Crippen LogP contribution in [0, 0.1) is 0 Å². The maximum absolute atomic E-state index is 14.1. The molecule has 0 spiro atoms. The molecule has 2 aliphatic rings. The number of halogens is 3. The van der Waals surface area contributed by atoms with Crippen molar-refractivity contribution in [1.29, 1.82) is 0 Å². The maximum atomic E-state index is 14.1. The van der Waals surface area contributed by atoms with Gasteiger partial charge < -0.3 is 10.1 Å². The first-order chi connectivity index (χ1) is 13.8. The number of rotatable bonds is 4. The zero-order valence-electron chi connectivity index (χ0n) is 16.1. The van der Waals surface area contributed by atoms with Crippen LogP contribution in [0.2, 0.25) is 0 Å². The Morgan fingerprint density at radius 3 is 2.52 bits per heavy atom. The summed E-state index contributed by atoms with van der Waals surface area (Å²) in [5.41, 5.74) is -0.418. The summed E-state index contributed by atoms with van der Waals surface area (Å²) in [6.07, 6.45) is -0.251. The number of hydrogen-bond acceptors (Lipinski definition) is 2. The van der Waals surface area contributed by atoms with Crippen LogP contribution < -0.4 is 10.1 Å². The molecule has 1 N–H and O–H groups in total. The smallest absolute Gasteiger partial charge is 0.432 e. The van der Waals surface area contributed by atoms with Gasteiger partial charge in [-0.05, 0) is 55.0 Å². The van der Waals surface area contributed by atoms with E-state index in [4.69, 9.17) is 4.74 Å². The van der Waals surface area contributed by atoms with Crippen LogP contribution >= 0.6 is 0 Å². The summed E-state index contributed by atoms with van der Waals surface area (Å²) in [5.74, 6) is 0.0551. The van der Waals surface area contributed by atoms with Gasteiger partial charge in [-0.15, -0.1) is 0 Å². The van der Waals surface area contributed by atoms with Crippen LogP contribution in [-0.2, 0) is 16.8 Å². The summed E-state index contributed by atoms with van der Waals surface area (Å²) in [4.78, 5) is 12.1. The molecule has 1 atom stereocenters. The van der Waals surface area contributed by atoms with Gasteiger partial charge in [-0.2, -0.15) is 13.2 Å². The Hall–Kier alpha value is -2.76. The molecule has 0 radical (unpaired) electrons. The van der Waals surface area contributed by atoms with Crippen molar-refractivity contribution in [2.45, 2.75) is 50.4 Å². The van der Waals surface area contributed by atoms with Gasteiger partial charge in [-0.1, -0.05) is 36.4 Å². The summed E-state index contributed by atoms with van der Waals surface area (Å²) in [5, 5.41) is 2.94. The zero-order valence-corrected chi connectivity index (χ0v) is 16.1. The van der Waals surface area contributed by atoms with Gasteiger partial charge in [0.25, 0.3) is 0 Å². The molecule has 0 bridgehead atoms. The van der Waals surface area contributed by atoms with Crippen LogP contribution in [0.1, 0.15) is 42.9 Å². The molecule has 1 saturated carbocycles. The number of benzene rings is 2. The van der Waals surface area contributed by atoms with Crippen LogP contribution in [0.5, 0.6) is 5.75 Å². The van der Waals surface area contributed by atoms with E-state index >= 15 is 0 Å². The van der Waals surface area contributed by atoms with Crippen molar-refractivity contribution >= 4 is 11.5 Å². The Labute approximate surface area is 167 Å². The Morgan fingerprint density at radius 2 is 1.90 bits per heavy atom. The van der Waals surface area contributed by atoms with E-state index in [-0.39, 0.29) is 29.7 Å². The van der Waals surface area contributed by atoms with Gasteiger partial charge in [0.05, 0.1) is 0 Å². The largest absolute Gasteiger partial charge is 0.472 e. The number of ether oxygens (including phenoxy) is 1. The fourth-order valence-electron chi connectivity index (χ4n) is 3.82. The van der Waals surface area contributed by atoms with Crippen molar-refractivity contribution in [3.05, 3.63) is 71.3 Å². The average molecular weight is 401 g/mol. The highest BCUT2D eigenvalue weighted by molar-refractivity contribution is 5.95. The lowest BCUT2D eigenvalue weighted by molar-refractivity contribution is -0.248. The Kier molecular flexibility index (Phi) is 4.89. The van der Waals surface area contributed by atoms with Gasteiger partial charge in [0, 0.05) is 24.1 Å². The molecule has 29 heavy (non-hydrogen) atoms. The SMILES string of the molecule is CC(=CC(=O)NC1CCC1)c1ccc2c(c1)CC(c1ccccc1)(C(F)(F)F)O2. The summed E-state index contributed by atoms with van der Waals surface area (Å²) in [6, 6.07) is 12.9. The van der Waals surface area contributed by atoms with Crippen LogP contribution in [0.25, 0.3) is 5.57 Å². The van der Waals surface area contributed by atoms with Crippen LogP contribution in [0.4, 0.5) is 13.2 Å². The lowest BCUT2D eigenvalue weighted by Gasteiger charge is -2.31. The fourth-order valence-corrected chi connectivity index (χ4v) is 3.82. The molecule has 152 valence electrons. The molecule has 1 unspecified atom stereocenters. The first-order valence-corrected chi connectivity index (χ1v) is 9.72. The van der Waals surface area contributed by atoms with E-state index in [9.17, 15) is 18.0 Å². The van der Waals surface area contributed by atoms with Gasteiger partial charge in [0.2, 0.25) is 11.5 Å². The molecule has 1 fully saturated rings. The molecule has 0 aromatic heterocycles. The predicted octanol–water partition coefficient (Wildman–Crippen LogP) is 5.15. The molecule has 1 aliphatic heterocycles. The molecular weight excluding hydrogens is 379 g/mol. The topological polar surface area (TPSA) is 38.3 Å². The van der Waals surface area contributed by atoms with Crippen molar-refractivity contribution in [3.63, 3.8) is 0 Å². The molecule has 2 aromatic carbocycles. The summed E-state index contributed by atoms with van der Waals surface area (Å²) in [7, 11) is 0. The Balaban J connectivity index is 1.61. The third-order valence-electron chi connectivity index (χ3n) is 5.74. The molecule has 3 nitrogen and oxygen atoms in total. The molecule has 1 amide bonds. The second-order valence-electron chi connectivity index (χ2n) is 7.76. The molecular formula is C23H22F3NO2. The van der Waals surface area contributed by atoms with E-state index in [0.29, 0.717) is 16.7 Å². The third-order valence-corrected chi connectivity index (χ3v) is 5.74. The Morgan fingerprint density at radius 1 is 1.17 bits per heavy atom. The van der Waals surface area contributed by atoms with Gasteiger partial charge in [0.15, 0.2) is 0 Å². The molecule has 1 aliphatic carbocycles. The van der Waals surface area contributed by atoms with Gasteiger partial charge in [-0.3, -0.25) is 4.79 Å². The first-order valence-electron chi connectivity index (χ1n) is 9.72. The average Bonchev–Trinajstić information content (AvgIpc) is 3.05. The summed E-state index contributed by atoms with van der Waals surface area (Å²) < 4.78 is 47.7. The second kappa shape index (κ2) is 7.25. The van der Waals surface area contributed by atoms with Crippen molar-refractivity contribution in [2.24, 2.45) is 0 Å². The van der Waals surface area contributed by atoms with Crippen molar-refractivity contribution < 1.29 is 22.7 Å². The van der Waals surface area contributed by atoms with Gasteiger partial charge in [-0.25, -0.2) is 0 Å². The number of carbonyl (C=O) groups excluding carboxylic acids is 1. The highest BCUT2D eigenvalue weighted by atomic mass is 19.4. The number of fused-ring (bicyclic) bond motifs is 1.